The topological polar surface area (TPSA) is 86.9 Å². The van der Waals surface area contributed by atoms with Gasteiger partial charge in [0.2, 0.25) is 5.91 Å². The van der Waals surface area contributed by atoms with Gasteiger partial charge in [-0.3, -0.25) is 9.36 Å². The largest absolute Gasteiger partial charge is 0.467 e. The van der Waals surface area contributed by atoms with Crippen molar-refractivity contribution in [1.82, 2.24) is 14.8 Å². The number of carbonyl (C=O) groups excluding carboxylic acids is 1. The average molecular weight is 294 g/mol. The molecule has 108 valence electrons. The summed E-state index contributed by atoms with van der Waals surface area (Å²) in [4.78, 5) is 10.8. The summed E-state index contributed by atoms with van der Waals surface area (Å²) in [5, 5.41) is 9.21. The van der Waals surface area contributed by atoms with E-state index >= 15 is 0 Å². The van der Waals surface area contributed by atoms with Crippen LogP contribution in [-0.4, -0.2) is 26.4 Å². The molecule has 0 aliphatic heterocycles. The molecular weight excluding hydrogens is 276 g/mol. The quantitative estimate of drug-likeness (QED) is 0.789. The van der Waals surface area contributed by atoms with Crippen molar-refractivity contribution in [2.45, 2.75) is 37.9 Å². The highest BCUT2D eigenvalue weighted by atomic mass is 32.2. The van der Waals surface area contributed by atoms with Crippen LogP contribution in [0.3, 0.4) is 0 Å². The molecule has 7 heteroatoms. The average Bonchev–Trinajstić information content (AvgIpc) is 3.00. The van der Waals surface area contributed by atoms with Crippen LogP contribution in [0.15, 0.2) is 28.0 Å². The molecular formula is C13H18N4O2S. The van der Waals surface area contributed by atoms with Crippen molar-refractivity contribution in [3.63, 3.8) is 0 Å². The third-order valence-electron chi connectivity index (χ3n) is 2.74. The highest BCUT2D eigenvalue weighted by Crippen LogP contribution is 2.23. The lowest BCUT2D eigenvalue weighted by atomic mass is 10.2. The number of carbonyl (C=O) groups is 1. The molecule has 2 rings (SSSR count). The molecule has 0 aliphatic rings. The number of hydrogen-bond donors (Lipinski definition) is 1. The van der Waals surface area contributed by atoms with Gasteiger partial charge in [0.05, 0.1) is 12.8 Å². The molecule has 0 radical (unpaired) electrons. The number of furan rings is 1. The van der Waals surface area contributed by atoms with Crippen LogP contribution in [-0.2, 0) is 11.3 Å². The van der Waals surface area contributed by atoms with Crippen molar-refractivity contribution < 1.29 is 9.21 Å². The molecule has 2 aromatic heterocycles. The van der Waals surface area contributed by atoms with Crippen molar-refractivity contribution in [2.75, 3.05) is 5.75 Å². The fraction of sp³-hybridized carbons (Fsp3) is 0.462. The van der Waals surface area contributed by atoms with Gasteiger partial charge in [-0.1, -0.05) is 25.6 Å². The van der Waals surface area contributed by atoms with E-state index in [0.29, 0.717) is 18.7 Å². The molecule has 6 nitrogen and oxygen atoms in total. The lowest BCUT2D eigenvalue weighted by Crippen LogP contribution is -2.12. The van der Waals surface area contributed by atoms with Gasteiger partial charge in [-0.05, 0) is 12.1 Å². The van der Waals surface area contributed by atoms with Gasteiger partial charge in [0, 0.05) is 18.1 Å². The van der Waals surface area contributed by atoms with Gasteiger partial charge in [-0.15, -0.1) is 10.2 Å². The van der Waals surface area contributed by atoms with Crippen molar-refractivity contribution in [3.05, 3.63) is 30.0 Å². The van der Waals surface area contributed by atoms with Gasteiger partial charge < -0.3 is 10.2 Å². The summed E-state index contributed by atoms with van der Waals surface area (Å²) in [5.74, 6) is 2.32. The SMILES string of the molecule is CC(C)c1nnc(SCCC(N)=O)n1Cc1ccco1. The lowest BCUT2D eigenvalue weighted by Gasteiger charge is -2.10. The van der Waals surface area contributed by atoms with Gasteiger partial charge in [-0.2, -0.15) is 0 Å². The normalized spacial score (nSPS) is 11.2. The van der Waals surface area contributed by atoms with Gasteiger partial charge >= 0.3 is 0 Å². The van der Waals surface area contributed by atoms with Crippen molar-refractivity contribution >= 4 is 17.7 Å². The Morgan fingerprint density at radius 1 is 1.50 bits per heavy atom. The summed E-state index contributed by atoms with van der Waals surface area (Å²) in [6.07, 6.45) is 1.98. The Hall–Kier alpha value is -1.76. The first-order valence-electron chi connectivity index (χ1n) is 6.44. The molecule has 0 saturated heterocycles. The molecule has 2 aromatic rings. The Bertz CT molecular complexity index is 563. The predicted octanol–water partition coefficient (Wildman–Crippen LogP) is 2.01. The third kappa shape index (κ3) is 3.63. The molecule has 0 saturated carbocycles. The van der Waals surface area contributed by atoms with Gasteiger partial charge in [0.15, 0.2) is 5.16 Å². The van der Waals surface area contributed by atoms with Crippen molar-refractivity contribution in [1.29, 1.82) is 0 Å². The summed E-state index contributed by atoms with van der Waals surface area (Å²) in [6, 6.07) is 3.77. The Morgan fingerprint density at radius 2 is 2.30 bits per heavy atom. The molecule has 0 bridgehead atoms. The van der Waals surface area contributed by atoms with E-state index in [1.807, 2.05) is 16.7 Å². The Morgan fingerprint density at radius 3 is 2.90 bits per heavy atom. The fourth-order valence-corrected chi connectivity index (χ4v) is 2.68. The monoisotopic (exact) mass is 294 g/mol. The van der Waals surface area contributed by atoms with E-state index in [4.69, 9.17) is 10.2 Å². The van der Waals surface area contributed by atoms with Crippen molar-refractivity contribution in [3.8, 4) is 0 Å². The second-order valence-electron chi connectivity index (χ2n) is 4.73. The number of aromatic nitrogens is 3. The first-order chi connectivity index (χ1) is 9.58. The minimum Gasteiger partial charge on any atom is -0.467 e. The zero-order chi connectivity index (χ0) is 14.5. The number of thioether (sulfide) groups is 1. The van der Waals surface area contributed by atoms with Crippen LogP contribution in [0.5, 0.6) is 0 Å². The Kier molecular flexibility index (Phi) is 4.84. The molecule has 1 amide bonds. The molecule has 20 heavy (non-hydrogen) atoms. The van der Waals surface area contributed by atoms with Gasteiger partial charge in [0.1, 0.15) is 11.6 Å². The number of amides is 1. The lowest BCUT2D eigenvalue weighted by molar-refractivity contribution is -0.117. The maximum Gasteiger partial charge on any atom is 0.218 e. The van der Waals surface area contributed by atoms with Gasteiger partial charge in [-0.25, -0.2) is 0 Å². The molecule has 0 aromatic carbocycles. The molecule has 0 spiro atoms. The number of rotatable bonds is 7. The van der Waals surface area contributed by atoms with Crippen LogP contribution in [0.4, 0.5) is 0 Å². The molecule has 0 atom stereocenters. The third-order valence-corrected chi connectivity index (χ3v) is 3.70. The summed E-state index contributed by atoms with van der Waals surface area (Å²) in [7, 11) is 0. The Balaban J connectivity index is 2.16. The standard InChI is InChI=1S/C13H18N4O2S/c1-9(2)12-15-16-13(20-7-5-11(14)18)17(12)8-10-4-3-6-19-10/h3-4,6,9H,5,7-8H2,1-2H3,(H2,14,18). The van der Waals surface area contributed by atoms with E-state index in [-0.39, 0.29) is 11.8 Å². The minimum atomic E-state index is -0.307. The molecule has 2 heterocycles. The minimum absolute atomic E-state index is 0.267. The number of hydrogen-bond acceptors (Lipinski definition) is 5. The predicted molar refractivity (Wildman–Crippen MR) is 76.5 cm³/mol. The van der Waals surface area contributed by atoms with E-state index in [1.54, 1.807) is 6.26 Å². The second kappa shape index (κ2) is 6.60. The molecule has 2 N–H and O–H groups in total. The first-order valence-corrected chi connectivity index (χ1v) is 7.43. The van der Waals surface area contributed by atoms with Crippen LogP contribution in [0.1, 0.15) is 37.8 Å². The first kappa shape index (κ1) is 14.6. The van der Waals surface area contributed by atoms with Crippen LogP contribution >= 0.6 is 11.8 Å². The van der Waals surface area contributed by atoms with Crippen molar-refractivity contribution in [2.24, 2.45) is 5.73 Å². The summed E-state index contributed by atoms with van der Waals surface area (Å²) >= 11 is 1.48. The van der Waals surface area contributed by atoms with E-state index in [2.05, 4.69) is 24.0 Å². The van der Waals surface area contributed by atoms with E-state index in [9.17, 15) is 4.79 Å². The van der Waals surface area contributed by atoms with Crippen LogP contribution < -0.4 is 5.73 Å². The zero-order valence-electron chi connectivity index (χ0n) is 11.6. The van der Waals surface area contributed by atoms with Gasteiger partial charge in [0.25, 0.3) is 0 Å². The highest BCUT2D eigenvalue weighted by molar-refractivity contribution is 7.99. The van der Waals surface area contributed by atoms with Crippen LogP contribution in [0.2, 0.25) is 0 Å². The summed E-state index contributed by atoms with van der Waals surface area (Å²) in [6.45, 7) is 4.73. The Labute approximate surface area is 121 Å². The second-order valence-corrected chi connectivity index (χ2v) is 5.79. The number of primary amides is 1. The number of nitrogens with zero attached hydrogens (tertiary/aromatic N) is 3. The van der Waals surface area contributed by atoms with E-state index < -0.39 is 0 Å². The fourth-order valence-electron chi connectivity index (χ4n) is 1.78. The van der Waals surface area contributed by atoms with E-state index in [0.717, 1.165) is 16.7 Å². The maximum atomic E-state index is 10.8. The molecule has 0 fully saturated rings. The molecule has 0 aliphatic carbocycles. The van der Waals surface area contributed by atoms with Crippen LogP contribution in [0, 0.1) is 0 Å². The summed E-state index contributed by atoms with van der Waals surface area (Å²) < 4.78 is 7.40. The van der Waals surface area contributed by atoms with E-state index in [1.165, 1.54) is 11.8 Å². The summed E-state index contributed by atoms with van der Waals surface area (Å²) in [5.41, 5.74) is 5.15. The zero-order valence-corrected chi connectivity index (χ0v) is 12.4. The van der Waals surface area contributed by atoms with Crippen LogP contribution in [0.25, 0.3) is 0 Å². The molecule has 0 unspecified atom stereocenters. The highest BCUT2D eigenvalue weighted by Gasteiger charge is 2.16. The number of nitrogens with two attached hydrogens (primary N) is 1. The maximum absolute atomic E-state index is 10.8. The smallest absolute Gasteiger partial charge is 0.218 e.